The molecule has 128 valence electrons. The van der Waals surface area contributed by atoms with Gasteiger partial charge in [0.2, 0.25) is 16.0 Å². The van der Waals surface area contributed by atoms with Gasteiger partial charge in [-0.2, -0.15) is 0 Å². The molecule has 0 radical (unpaired) electrons. The van der Waals surface area contributed by atoms with E-state index < -0.39 is 10.0 Å². The van der Waals surface area contributed by atoms with Gasteiger partial charge >= 0.3 is 0 Å². The zero-order valence-corrected chi connectivity index (χ0v) is 14.8. The smallest absolute Gasteiger partial charge is 0.240 e. The second-order valence-corrected chi connectivity index (χ2v) is 7.90. The Morgan fingerprint density at radius 3 is 2.67 bits per heavy atom. The van der Waals surface area contributed by atoms with Crippen LogP contribution in [0.5, 0.6) is 0 Å². The number of nitrogens with one attached hydrogen (secondary N) is 1. The number of aromatic nitrogens is 2. The lowest BCUT2D eigenvalue weighted by Crippen LogP contribution is -2.40. The van der Waals surface area contributed by atoms with Crippen LogP contribution in [0.2, 0.25) is 0 Å². The molecule has 1 atom stereocenters. The molecule has 0 spiro atoms. The molecule has 1 fully saturated rings. The first-order valence-electron chi connectivity index (χ1n) is 8.08. The standard InChI is InChI=1S/C17H22N4O2S/c1-13-6-7-16(11-14(13)2)24(22,23)20-12-15-5-3-10-21(15)17-18-8-4-9-19-17/h4,6-9,11,15,20H,3,5,10,12H2,1-2H3/t15-/m1/s1. The van der Waals surface area contributed by atoms with E-state index in [-0.39, 0.29) is 6.04 Å². The highest BCUT2D eigenvalue weighted by atomic mass is 32.2. The lowest BCUT2D eigenvalue weighted by molar-refractivity contribution is 0.565. The monoisotopic (exact) mass is 346 g/mol. The van der Waals surface area contributed by atoms with Crippen molar-refractivity contribution in [1.29, 1.82) is 0 Å². The normalized spacial score (nSPS) is 18.1. The maximum Gasteiger partial charge on any atom is 0.240 e. The molecule has 1 N–H and O–H groups in total. The van der Waals surface area contributed by atoms with Crippen LogP contribution in [0.25, 0.3) is 0 Å². The molecule has 2 aromatic rings. The van der Waals surface area contributed by atoms with E-state index in [1.54, 1.807) is 30.6 Å². The molecule has 0 unspecified atom stereocenters. The van der Waals surface area contributed by atoms with Crippen molar-refractivity contribution < 1.29 is 8.42 Å². The molecule has 0 amide bonds. The van der Waals surface area contributed by atoms with Crippen LogP contribution in [-0.4, -0.2) is 37.5 Å². The number of rotatable bonds is 5. The first-order chi connectivity index (χ1) is 11.5. The molecule has 6 nitrogen and oxygen atoms in total. The van der Waals surface area contributed by atoms with E-state index in [2.05, 4.69) is 19.6 Å². The Morgan fingerprint density at radius 1 is 1.21 bits per heavy atom. The van der Waals surface area contributed by atoms with Crippen molar-refractivity contribution in [2.24, 2.45) is 0 Å². The quantitative estimate of drug-likeness (QED) is 0.897. The van der Waals surface area contributed by atoms with Crippen molar-refractivity contribution in [2.45, 2.75) is 37.6 Å². The van der Waals surface area contributed by atoms with E-state index in [0.717, 1.165) is 30.5 Å². The van der Waals surface area contributed by atoms with E-state index in [0.29, 0.717) is 17.4 Å². The topological polar surface area (TPSA) is 75.2 Å². The lowest BCUT2D eigenvalue weighted by Gasteiger charge is -2.24. The van der Waals surface area contributed by atoms with Crippen molar-refractivity contribution in [1.82, 2.24) is 14.7 Å². The summed E-state index contributed by atoms with van der Waals surface area (Å²) in [5.41, 5.74) is 2.05. The maximum absolute atomic E-state index is 12.5. The van der Waals surface area contributed by atoms with Crippen molar-refractivity contribution in [3.63, 3.8) is 0 Å². The van der Waals surface area contributed by atoms with Gasteiger partial charge in [0.15, 0.2) is 0 Å². The van der Waals surface area contributed by atoms with Crippen LogP contribution in [0.3, 0.4) is 0 Å². The predicted molar refractivity (Wildman–Crippen MR) is 93.5 cm³/mol. The second-order valence-electron chi connectivity index (χ2n) is 6.14. The number of nitrogens with zero attached hydrogens (tertiary/aromatic N) is 3. The third-order valence-electron chi connectivity index (χ3n) is 4.48. The number of sulfonamides is 1. The van der Waals surface area contributed by atoms with Gasteiger partial charge in [0.05, 0.1) is 4.90 Å². The minimum atomic E-state index is -3.51. The molecule has 24 heavy (non-hydrogen) atoms. The molecular weight excluding hydrogens is 324 g/mol. The molecule has 1 aliphatic rings. The van der Waals surface area contributed by atoms with Gasteiger partial charge in [-0.3, -0.25) is 0 Å². The van der Waals surface area contributed by atoms with Crippen molar-refractivity contribution >= 4 is 16.0 Å². The average molecular weight is 346 g/mol. The number of aryl methyl sites for hydroxylation is 2. The highest BCUT2D eigenvalue weighted by Gasteiger charge is 2.28. The predicted octanol–water partition coefficient (Wildman–Crippen LogP) is 2.04. The summed E-state index contributed by atoms with van der Waals surface area (Å²) in [6.07, 6.45) is 5.34. The van der Waals surface area contributed by atoms with Crippen LogP contribution >= 0.6 is 0 Å². The van der Waals surface area contributed by atoms with Gasteiger partial charge in [-0.15, -0.1) is 0 Å². The van der Waals surface area contributed by atoms with Crippen molar-refractivity contribution in [3.05, 3.63) is 47.8 Å². The summed E-state index contributed by atoms with van der Waals surface area (Å²) in [7, 11) is -3.51. The van der Waals surface area contributed by atoms with Crippen LogP contribution in [0.15, 0.2) is 41.6 Å². The van der Waals surface area contributed by atoms with E-state index >= 15 is 0 Å². The Kier molecular flexibility index (Phi) is 4.82. The van der Waals surface area contributed by atoms with Gasteiger partial charge in [0.25, 0.3) is 0 Å². The Morgan fingerprint density at radius 2 is 1.96 bits per heavy atom. The highest BCUT2D eigenvalue weighted by molar-refractivity contribution is 7.89. The fourth-order valence-corrected chi connectivity index (χ4v) is 4.08. The molecule has 1 aromatic carbocycles. The average Bonchev–Trinajstić information content (AvgIpc) is 3.05. The zero-order chi connectivity index (χ0) is 17.2. The van der Waals surface area contributed by atoms with E-state index in [1.165, 1.54) is 0 Å². The number of benzene rings is 1. The summed E-state index contributed by atoms with van der Waals surface area (Å²) in [5, 5.41) is 0. The summed E-state index contributed by atoms with van der Waals surface area (Å²) in [4.78, 5) is 10.9. The third-order valence-corrected chi connectivity index (χ3v) is 5.91. The Bertz CT molecular complexity index is 809. The SMILES string of the molecule is Cc1ccc(S(=O)(=O)NC[C@H]2CCCN2c2ncccn2)cc1C. The molecule has 0 saturated carbocycles. The highest BCUT2D eigenvalue weighted by Crippen LogP contribution is 2.22. The summed E-state index contributed by atoms with van der Waals surface area (Å²) >= 11 is 0. The van der Waals surface area contributed by atoms with Gasteiger partial charge in [0, 0.05) is 31.5 Å². The van der Waals surface area contributed by atoms with Gasteiger partial charge in [-0.25, -0.2) is 23.1 Å². The minimum Gasteiger partial charge on any atom is -0.337 e. The first kappa shape index (κ1) is 16.9. The van der Waals surface area contributed by atoms with Gasteiger partial charge in [0.1, 0.15) is 0 Å². The molecule has 2 heterocycles. The molecule has 7 heteroatoms. The molecule has 0 bridgehead atoms. The van der Waals surface area contributed by atoms with Crippen LogP contribution < -0.4 is 9.62 Å². The van der Waals surface area contributed by atoms with Crippen LogP contribution in [0, 0.1) is 13.8 Å². The third kappa shape index (κ3) is 3.57. The largest absolute Gasteiger partial charge is 0.337 e. The number of hydrogen-bond acceptors (Lipinski definition) is 5. The summed E-state index contributed by atoms with van der Waals surface area (Å²) < 4.78 is 27.8. The van der Waals surface area contributed by atoms with Crippen LogP contribution in [0.4, 0.5) is 5.95 Å². The zero-order valence-electron chi connectivity index (χ0n) is 13.9. The van der Waals surface area contributed by atoms with Crippen molar-refractivity contribution in [2.75, 3.05) is 18.0 Å². The van der Waals surface area contributed by atoms with E-state index in [1.807, 2.05) is 19.9 Å². The fourth-order valence-electron chi connectivity index (χ4n) is 2.92. The molecule has 0 aliphatic carbocycles. The van der Waals surface area contributed by atoms with E-state index in [9.17, 15) is 8.42 Å². The van der Waals surface area contributed by atoms with Crippen LogP contribution in [-0.2, 0) is 10.0 Å². The van der Waals surface area contributed by atoms with E-state index in [4.69, 9.17) is 0 Å². The minimum absolute atomic E-state index is 0.0775. The Balaban J connectivity index is 1.71. The lowest BCUT2D eigenvalue weighted by atomic mass is 10.1. The van der Waals surface area contributed by atoms with Gasteiger partial charge in [-0.05, 0) is 56.0 Å². The second kappa shape index (κ2) is 6.86. The number of anilines is 1. The Labute approximate surface area is 143 Å². The molecule has 1 aromatic heterocycles. The molecular formula is C17H22N4O2S. The maximum atomic E-state index is 12.5. The fraction of sp³-hybridized carbons (Fsp3) is 0.412. The molecule has 3 rings (SSSR count). The molecule has 1 saturated heterocycles. The van der Waals surface area contributed by atoms with Gasteiger partial charge < -0.3 is 4.90 Å². The summed E-state index contributed by atoms with van der Waals surface area (Å²) in [6, 6.07) is 7.05. The van der Waals surface area contributed by atoms with Crippen LogP contribution in [0.1, 0.15) is 24.0 Å². The van der Waals surface area contributed by atoms with Gasteiger partial charge in [-0.1, -0.05) is 6.07 Å². The molecule has 1 aliphatic heterocycles. The Hall–Kier alpha value is -1.99. The number of hydrogen-bond donors (Lipinski definition) is 1. The first-order valence-corrected chi connectivity index (χ1v) is 9.56. The summed E-state index contributed by atoms with van der Waals surface area (Å²) in [6.45, 7) is 5.09. The summed E-state index contributed by atoms with van der Waals surface area (Å²) in [5.74, 6) is 0.658. The van der Waals surface area contributed by atoms with Crippen molar-refractivity contribution in [3.8, 4) is 0 Å².